The first-order chi connectivity index (χ1) is 3.81. The molecule has 2 heteroatoms. The number of hydrogen-bond donors (Lipinski definition) is 0. The van der Waals surface area contributed by atoms with Crippen molar-refractivity contribution in [1.82, 2.24) is 0 Å². The first kappa shape index (κ1) is 9.43. The fraction of sp³-hybridized carbons (Fsp3) is 1.00. The second-order valence-corrected chi connectivity index (χ2v) is 11.0. The maximum atomic E-state index is 2.46. The molecule has 0 saturated carbocycles. The Morgan fingerprint density at radius 1 is 1.22 bits per heavy atom. The Balaban J connectivity index is 4.14. The van der Waals surface area contributed by atoms with Crippen LogP contribution < -0.4 is 0 Å². The topological polar surface area (TPSA) is 0 Å². The van der Waals surface area contributed by atoms with Crippen LogP contribution in [0, 0.1) is 0 Å². The lowest BCUT2D eigenvalue weighted by atomic mass is 10.2. The maximum Gasteiger partial charge on any atom is 0.0496 e. The van der Waals surface area contributed by atoms with E-state index in [2.05, 4.69) is 33.5 Å². The molecular weight excluding hydrogens is 140 g/mol. The zero-order valence-electron chi connectivity index (χ0n) is 7.71. The third-order valence-corrected chi connectivity index (χ3v) is 9.80. The van der Waals surface area contributed by atoms with Crippen LogP contribution in [0.4, 0.5) is 0 Å². The Morgan fingerprint density at radius 2 is 1.56 bits per heavy atom. The molecule has 0 rings (SSSR count). The molecule has 0 aliphatic rings. The van der Waals surface area contributed by atoms with E-state index >= 15 is 0 Å². The van der Waals surface area contributed by atoms with E-state index in [1.165, 1.54) is 16.3 Å². The maximum absolute atomic E-state index is 2.46. The van der Waals surface area contributed by atoms with Crippen LogP contribution in [0.25, 0.3) is 0 Å². The SMILES string of the molecule is CC(C)(C[SiH3])[Si](C)(C)C. The molecule has 9 heavy (non-hydrogen) atoms. The zero-order valence-corrected chi connectivity index (χ0v) is 10.7. The van der Waals surface area contributed by atoms with Gasteiger partial charge >= 0.3 is 0 Å². The van der Waals surface area contributed by atoms with E-state index in [9.17, 15) is 0 Å². The molecule has 0 heterocycles. The van der Waals surface area contributed by atoms with Crippen molar-refractivity contribution in [3.05, 3.63) is 0 Å². The minimum Gasteiger partial charge on any atom is -0.0692 e. The standard InChI is InChI=1S/C7H20Si2/c1-7(2,6-8)9(3,4)5/h6H2,1-5,8H3. The molecule has 0 bridgehead atoms. The summed E-state index contributed by atoms with van der Waals surface area (Å²) in [6, 6.07) is 1.46. The van der Waals surface area contributed by atoms with Crippen LogP contribution in [0.1, 0.15) is 13.8 Å². The molecule has 0 fully saturated rings. The molecule has 0 unspecified atom stereocenters. The van der Waals surface area contributed by atoms with E-state index in [1.807, 2.05) is 0 Å². The summed E-state index contributed by atoms with van der Waals surface area (Å²) < 4.78 is 0. The summed E-state index contributed by atoms with van der Waals surface area (Å²) in [5.41, 5.74) is 0. The van der Waals surface area contributed by atoms with Gasteiger partial charge in [-0.2, -0.15) is 0 Å². The van der Waals surface area contributed by atoms with Gasteiger partial charge in [-0.3, -0.25) is 0 Å². The molecule has 0 N–H and O–H groups in total. The van der Waals surface area contributed by atoms with Gasteiger partial charge in [0, 0.05) is 18.3 Å². The lowest BCUT2D eigenvalue weighted by Gasteiger charge is -2.36. The van der Waals surface area contributed by atoms with Crippen molar-refractivity contribution >= 4 is 18.3 Å². The molecule has 0 spiro atoms. The normalized spacial score (nSPS) is 14.3. The monoisotopic (exact) mass is 160 g/mol. The third kappa shape index (κ3) is 2.26. The van der Waals surface area contributed by atoms with Gasteiger partial charge in [0.15, 0.2) is 0 Å². The van der Waals surface area contributed by atoms with Gasteiger partial charge in [0.1, 0.15) is 0 Å². The van der Waals surface area contributed by atoms with E-state index in [0.717, 1.165) is 0 Å². The Kier molecular flexibility index (Phi) is 2.71. The first-order valence-electron chi connectivity index (χ1n) is 3.81. The molecule has 0 aromatic carbocycles. The molecule has 0 aromatic rings. The summed E-state index contributed by atoms with van der Waals surface area (Å²) in [4.78, 5) is 0. The van der Waals surface area contributed by atoms with Crippen LogP contribution in [0.2, 0.25) is 30.7 Å². The van der Waals surface area contributed by atoms with Crippen LogP contribution in [0.3, 0.4) is 0 Å². The summed E-state index contributed by atoms with van der Waals surface area (Å²) in [5, 5.41) is 0.680. The van der Waals surface area contributed by atoms with Crippen LogP contribution in [-0.2, 0) is 0 Å². The van der Waals surface area contributed by atoms with Crippen molar-refractivity contribution in [1.29, 1.82) is 0 Å². The van der Waals surface area contributed by atoms with E-state index in [1.54, 1.807) is 0 Å². The molecule has 0 aliphatic heterocycles. The van der Waals surface area contributed by atoms with Crippen LogP contribution in [0.15, 0.2) is 0 Å². The number of hydrogen-bond acceptors (Lipinski definition) is 0. The van der Waals surface area contributed by atoms with Gasteiger partial charge in [-0.05, 0) is 5.04 Å². The van der Waals surface area contributed by atoms with Crippen molar-refractivity contribution in [2.75, 3.05) is 0 Å². The van der Waals surface area contributed by atoms with E-state index in [4.69, 9.17) is 0 Å². The van der Waals surface area contributed by atoms with Crippen molar-refractivity contribution in [3.63, 3.8) is 0 Å². The van der Waals surface area contributed by atoms with Crippen molar-refractivity contribution in [3.8, 4) is 0 Å². The van der Waals surface area contributed by atoms with Gasteiger partial charge < -0.3 is 0 Å². The van der Waals surface area contributed by atoms with E-state index < -0.39 is 8.07 Å². The van der Waals surface area contributed by atoms with E-state index in [0.29, 0.717) is 5.04 Å². The van der Waals surface area contributed by atoms with Gasteiger partial charge in [-0.25, -0.2) is 0 Å². The molecule has 0 nitrogen and oxygen atoms in total. The zero-order chi connectivity index (χ0) is 7.71. The molecule has 0 aliphatic carbocycles. The highest BCUT2D eigenvalue weighted by atomic mass is 28.3. The molecule has 0 aromatic heterocycles. The third-order valence-electron chi connectivity index (χ3n) is 2.91. The summed E-state index contributed by atoms with van der Waals surface area (Å²) >= 11 is 0. The fourth-order valence-electron chi connectivity index (χ4n) is 0.530. The van der Waals surface area contributed by atoms with Crippen LogP contribution in [0.5, 0.6) is 0 Å². The minimum absolute atomic E-state index is 0.680. The molecule has 0 atom stereocenters. The van der Waals surface area contributed by atoms with Crippen LogP contribution >= 0.6 is 0 Å². The summed E-state index contributed by atoms with van der Waals surface area (Å²) in [7, 11) is 0.513. The van der Waals surface area contributed by atoms with Gasteiger partial charge in [0.2, 0.25) is 0 Å². The highest BCUT2D eigenvalue weighted by Gasteiger charge is 2.32. The highest BCUT2D eigenvalue weighted by Crippen LogP contribution is 2.39. The molecule has 0 saturated heterocycles. The van der Waals surface area contributed by atoms with Crippen LogP contribution in [-0.4, -0.2) is 18.3 Å². The summed E-state index contributed by atoms with van der Waals surface area (Å²) in [6.45, 7) is 12.2. The minimum atomic E-state index is -0.850. The predicted octanol–water partition coefficient (Wildman–Crippen LogP) is 1.89. The van der Waals surface area contributed by atoms with Crippen molar-refractivity contribution in [2.45, 2.75) is 44.6 Å². The smallest absolute Gasteiger partial charge is 0.0496 e. The number of rotatable bonds is 2. The van der Waals surface area contributed by atoms with Gasteiger partial charge in [-0.15, -0.1) is 0 Å². The summed E-state index contributed by atoms with van der Waals surface area (Å²) in [6.07, 6.45) is 0. The quantitative estimate of drug-likeness (QED) is 0.541. The Morgan fingerprint density at radius 3 is 1.56 bits per heavy atom. The van der Waals surface area contributed by atoms with Gasteiger partial charge in [0.25, 0.3) is 0 Å². The van der Waals surface area contributed by atoms with E-state index in [-0.39, 0.29) is 0 Å². The summed E-state index contributed by atoms with van der Waals surface area (Å²) in [5.74, 6) is 0. The predicted molar refractivity (Wildman–Crippen MR) is 52.1 cm³/mol. The second-order valence-electron chi connectivity index (χ2n) is 4.49. The van der Waals surface area contributed by atoms with Crippen molar-refractivity contribution in [2.24, 2.45) is 0 Å². The average molecular weight is 160 g/mol. The molecular formula is C7H20Si2. The second kappa shape index (κ2) is 2.58. The Hall–Kier alpha value is 0.434. The highest BCUT2D eigenvalue weighted by molar-refractivity contribution is 6.79. The first-order valence-corrected chi connectivity index (χ1v) is 8.72. The Labute approximate surface area is 63.5 Å². The largest absolute Gasteiger partial charge is 0.0692 e. The van der Waals surface area contributed by atoms with Gasteiger partial charge in [0.05, 0.1) is 0 Å². The fourth-order valence-corrected chi connectivity index (χ4v) is 4.77. The van der Waals surface area contributed by atoms with Gasteiger partial charge in [-0.1, -0.05) is 39.5 Å². The van der Waals surface area contributed by atoms with Crippen molar-refractivity contribution < 1.29 is 0 Å². The average Bonchev–Trinajstić information content (AvgIpc) is 1.64. The molecule has 0 amide bonds. The lowest BCUT2D eigenvalue weighted by Crippen LogP contribution is -2.34. The Bertz CT molecular complexity index is 89.6. The molecule has 56 valence electrons. The lowest BCUT2D eigenvalue weighted by molar-refractivity contribution is 0.723. The molecule has 0 radical (unpaired) electrons.